The summed E-state index contributed by atoms with van der Waals surface area (Å²) in [6.07, 6.45) is -2.49. The molecule has 1 aliphatic rings. The van der Waals surface area contributed by atoms with Gasteiger partial charge in [0.1, 0.15) is 72.5 Å². The zero-order chi connectivity index (χ0) is 81.9. The normalized spacial score (nSPS) is 17.0. The molecule has 0 saturated carbocycles. The van der Waals surface area contributed by atoms with Crippen LogP contribution in [0.1, 0.15) is 154 Å². The number of carbonyl (C=O) groups excluding carboxylic acids is 16. The maximum atomic E-state index is 14.3. The van der Waals surface area contributed by atoms with Gasteiger partial charge in [0.15, 0.2) is 0 Å². The average molecular weight is 1560 g/mol. The Bertz CT molecular complexity index is 3060. The van der Waals surface area contributed by atoms with E-state index in [4.69, 9.17) is 17.2 Å². The molecule has 23 N–H and O–H groups in total. The van der Waals surface area contributed by atoms with Crippen LogP contribution in [0.2, 0.25) is 0 Å². The number of carbonyl (C=O) groups is 17. The maximum Gasteiger partial charge on any atom is 0.327 e. The van der Waals surface area contributed by atoms with Crippen molar-refractivity contribution in [2.75, 3.05) is 44.2 Å². The number of nitrogens with two attached hydrogens (primary N) is 3. The fraction of sp³-hybridized carbons (Fsp3) is 0.746. The largest absolute Gasteiger partial charge is 0.480 e. The number of unbranched alkanes of at least 4 members (excludes halogenated alkanes) is 1. The molecule has 0 bridgehead atoms. The van der Waals surface area contributed by atoms with Crippen LogP contribution in [0, 0.1) is 29.6 Å². The molecule has 1 heterocycles. The minimum Gasteiger partial charge on any atom is -0.480 e. The Morgan fingerprint density at radius 2 is 0.879 bits per heavy atom. The minimum absolute atomic E-state index is 0.0182. The van der Waals surface area contributed by atoms with E-state index in [1.54, 1.807) is 55.4 Å². The van der Waals surface area contributed by atoms with Crippen molar-refractivity contribution in [3.8, 4) is 0 Å². The second kappa shape index (κ2) is 48.8. The van der Waals surface area contributed by atoms with Crippen molar-refractivity contribution in [2.45, 2.75) is 245 Å². The quantitative estimate of drug-likeness (QED) is 0.0199. The smallest absolute Gasteiger partial charge is 0.327 e. The zero-order valence-corrected chi connectivity index (χ0v) is 65.2. The predicted molar refractivity (Wildman–Crippen MR) is 397 cm³/mol. The van der Waals surface area contributed by atoms with Crippen LogP contribution < -0.4 is 91.6 Å². The first kappa shape index (κ1) is 96.5. The fourth-order valence-corrected chi connectivity index (χ4v) is 11.4. The lowest BCUT2D eigenvalue weighted by molar-refractivity contribution is -0.144. The van der Waals surface area contributed by atoms with E-state index in [0.29, 0.717) is 19.3 Å². The van der Waals surface area contributed by atoms with Gasteiger partial charge in [0.05, 0.1) is 37.9 Å². The van der Waals surface area contributed by atoms with E-state index in [0.717, 1.165) is 13.8 Å². The molecule has 16 amide bonds. The molecule has 1 rings (SSSR count). The number of aliphatic hydroxyl groups is 2. The number of carboxylic acids is 1. The number of amides is 16. The van der Waals surface area contributed by atoms with E-state index in [9.17, 15) is 96.8 Å². The number of carboxylic acid groups (broad SMARTS) is 1. The average Bonchev–Trinajstić information content (AvgIpc) is 0.907. The molecule has 1 saturated heterocycles. The van der Waals surface area contributed by atoms with Gasteiger partial charge in [0.2, 0.25) is 94.5 Å². The molecule has 16 atom stereocenters. The molecule has 0 unspecified atom stereocenters. The van der Waals surface area contributed by atoms with Gasteiger partial charge < -0.3 is 112 Å². The zero-order valence-electron chi connectivity index (χ0n) is 63.4. The highest BCUT2D eigenvalue weighted by Crippen LogP contribution is 2.20. The molecule has 0 aliphatic carbocycles. The van der Waals surface area contributed by atoms with E-state index in [1.165, 1.54) is 11.8 Å². The number of hydrogen-bond donors (Lipinski definition) is 22. The number of aliphatic carboxylic acids is 1. The van der Waals surface area contributed by atoms with Gasteiger partial charge in [-0.3, -0.25) is 76.7 Å². The van der Waals surface area contributed by atoms with E-state index in [2.05, 4.69) is 99.7 Å². The Balaban J connectivity index is 3.20. The summed E-state index contributed by atoms with van der Waals surface area (Å²) in [5, 5.41) is 64.9. The number of nitrogens with one attached hydrogen (secondary N) is 14. The van der Waals surface area contributed by atoms with Crippen molar-refractivity contribution in [1.29, 1.82) is 0 Å². The van der Waals surface area contributed by atoms with Crippen LogP contribution in [-0.2, 0) is 81.5 Å². The summed E-state index contributed by atoms with van der Waals surface area (Å²) < 4.78 is 0. The van der Waals surface area contributed by atoms with Gasteiger partial charge in [-0.1, -0.05) is 75.7 Å². The molecule has 1 fully saturated rings. The van der Waals surface area contributed by atoms with E-state index >= 15 is 0 Å². The van der Waals surface area contributed by atoms with Crippen LogP contribution >= 0.6 is 25.3 Å². The number of primary amides is 1. The molecule has 107 heavy (non-hydrogen) atoms. The lowest BCUT2D eigenvalue weighted by Gasteiger charge is -2.29. The Morgan fingerprint density at radius 3 is 1.33 bits per heavy atom. The summed E-state index contributed by atoms with van der Waals surface area (Å²) in [4.78, 5) is 228. The molecular formula is C67H118N18O20S2. The van der Waals surface area contributed by atoms with Crippen molar-refractivity contribution < 1.29 is 96.8 Å². The summed E-state index contributed by atoms with van der Waals surface area (Å²) in [6, 6.07) is -17.6. The number of thiol groups is 2. The first-order valence-electron chi connectivity index (χ1n) is 36.0. The van der Waals surface area contributed by atoms with Crippen LogP contribution in [0.15, 0.2) is 0 Å². The van der Waals surface area contributed by atoms with Crippen molar-refractivity contribution >= 4 is 126 Å². The number of hydrogen-bond acceptors (Lipinski definition) is 23. The second-order valence-electron chi connectivity index (χ2n) is 28.2. The van der Waals surface area contributed by atoms with Crippen molar-refractivity contribution in [3.63, 3.8) is 0 Å². The summed E-state index contributed by atoms with van der Waals surface area (Å²) in [5.74, 6) is -17.8. The van der Waals surface area contributed by atoms with Crippen molar-refractivity contribution in [3.05, 3.63) is 0 Å². The number of likely N-dealkylation sites (tertiary alicyclic amines) is 1. The number of nitrogens with zero attached hydrogens (tertiary/aromatic N) is 1. The third kappa shape index (κ3) is 34.5. The molecule has 0 aromatic rings. The van der Waals surface area contributed by atoms with Gasteiger partial charge >= 0.3 is 5.97 Å². The minimum atomic E-state index is -1.80. The van der Waals surface area contributed by atoms with Crippen molar-refractivity contribution in [2.24, 2.45) is 46.8 Å². The summed E-state index contributed by atoms with van der Waals surface area (Å²) in [6.45, 7) is 18.8. The van der Waals surface area contributed by atoms with E-state index < -0.39 is 247 Å². The highest BCUT2D eigenvalue weighted by atomic mass is 32.1. The van der Waals surface area contributed by atoms with Gasteiger partial charge in [-0.05, 0) is 108 Å². The van der Waals surface area contributed by atoms with Gasteiger partial charge in [-0.2, -0.15) is 25.3 Å². The van der Waals surface area contributed by atoms with Gasteiger partial charge in [0, 0.05) is 24.5 Å². The van der Waals surface area contributed by atoms with Gasteiger partial charge in [-0.25, -0.2) is 4.79 Å². The highest BCUT2D eigenvalue weighted by Gasteiger charge is 2.40. The van der Waals surface area contributed by atoms with Gasteiger partial charge in [-0.15, -0.1) is 0 Å². The molecule has 0 aromatic carbocycles. The molecule has 38 nitrogen and oxygen atoms in total. The first-order chi connectivity index (χ1) is 50.0. The standard InChI is InChI=1S/C67H118N18O20S2/c1-14-35(10)52(65(102)77-40(18-15-16-22-68)56(93)83-53(37(12)86)62(99)72-26-47(89)74-36(11)66(103)85-23-17-19-45(85)60(97)79-44(30-107)67(104)105)82-57(94)41(20-21-46(70)88)75-48(90)27-73-63(100)54(38(13)87)84-59(96)43(29-106)78-58(95)42(25-32(4)5)76-49(91)28-71-61(98)50(33(6)7)81-64(101)51(34(8)9)80-55(92)39(69)24-31(2)3/h31-45,50-54,86-87,106-107H,14-30,68-69H2,1-13H3,(H2,70,88)(H,71,98)(H,72,99)(H,73,100)(H,74,89)(H,75,90)(H,76,91)(H,77,102)(H,78,95)(H,79,97)(H,80,92)(H,81,101)(H,82,94)(H,83,93)(H,84,96)(H,104,105)/t35-,36-,37+,38+,39-,40-,41-,42-,43-,44-,45-,50-,51-,52-,53-,54-/m0/s1. The molecule has 608 valence electrons. The van der Waals surface area contributed by atoms with Crippen LogP contribution in [0.3, 0.4) is 0 Å². The SMILES string of the molecule is CC[C@H](C)[C@H](NC(=O)[C@H](CCC(N)=O)NC(=O)CNC(=O)[C@@H](NC(=O)[C@H](CS)NC(=O)[C@H](CC(C)C)NC(=O)CNC(=O)[C@@H](NC(=O)[C@@H](NC(=O)[C@@H](N)CC(C)C)C(C)C)C(C)C)[C@@H](C)O)C(=O)N[C@@H](CCCCN)C(=O)N[C@H](C(=O)NCC(=O)N[C@@H](C)C(=O)N1CCC[C@H]1C(=O)N[C@@H](CS)C(=O)O)[C@@H](C)O. The lowest BCUT2D eigenvalue weighted by atomic mass is 9.96. The Labute approximate surface area is 635 Å². The molecule has 0 radical (unpaired) electrons. The Kier molecular flexibility index (Phi) is 44.0. The van der Waals surface area contributed by atoms with Crippen LogP contribution in [0.25, 0.3) is 0 Å². The second-order valence-corrected chi connectivity index (χ2v) is 28.9. The van der Waals surface area contributed by atoms with E-state index in [1.807, 2.05) is 13.8 Å². The van der Waals surface area contributed by atoms with Crippen LogP contribution in [0.5, 0.6) is 0 Å². The van der Waals surface area contributed by atoms with Crippen molar-refractivity contribution in [1.82, 2.24) is 79.3 Å². The highest BCUT2D eigenvalue weighted by molar-refractivity contribution is 7.80. The Morgan fingerprint density at radius 1 is 0.467 bits per heavy atom. The third-order valence-electron chi connectivity index (χ3n) is 17.2. The molecule has 0 aromatic heterocycles. The van der Waals surface area contributed by atoms with Crippen LogP contribution in [-0.4, -0.2) is 256 Å². The molecule has 1 aliphatic heterocycles. The van der Waals surface area contributed by atoms with E-state index in [-0.39, 0.29) is 62.8 Å². The van der Waals surface area contributed by atoms with Gasteiger partial charge in [0.25, 0.3) is 0 Å². The maximum absolute atomic E-state index is 14.3. The Hall–Kier alpha value is -8.47. The molecule has 0 spiro atoms. The number of aliphatic hydroxyl groups excluding tert-OH is 2. The molecular weight excluding hydrogens is 1440 g/mol. The lowest BCUT2D eigenvalue weighted by Crippen LogP contribution is -2.61. The monoisotopic (exact) mass is 1560 g/mol. The predicted octanol–water partition coefficient (Wildman–Crippen LogP) is -6.44. The topological polar surface area (TPSA) is 601 Å². The van der Waals surface area contributed by atoms with Crippen LogP contribution in [0.4, 0.5) is 0 Å². The fourth-order valence-electron chi connectivity index (χ4n) is 10.9. The summed E-state index contributed by atoms with van der Waals surface area (Å²) in [5.41, 5.74) is 17.2. The number of rotatable bonds is 49. The summed E-state index contributed by atoms with van der Waals surface area (Å²) >= 11 is 8.14. The first-order valence-corrected chi connectivity index (χ1v) is 37.2. The summed E-state index contributed by atoms with van der Waals surface area (Å²) in [7, 11) is 0. The third-order valence-corrected chi connectivity index (χ3v) is 17.9. The molecule has 40 heteroatoms.